The second-order valence-electron chi connectivity index (χ2n) is 8.14. The van der Waals surface area contributed by atoms with Crippen molar-refractivity contribution in [2.24, 2.45) is 0 Å². The summed E-state index contributed by atoms with van der Waals surface area (Å²) in [4.78, 5) is 30.3. The number of para-hydroxylation sites is 1. The lowest BCUT2D eigenvalue weighted by atomic mass is 9.88. The van der Waals surface area contributed by atoms with Crippen molar-refractivity contribution in [1.82, 2.24) is 4.90 Å². The number of hydrogen-bond donors (Lipinski definition) is 1. The van der Waals surface area contributed by atoms with E-state index in [4.69, 9.17) is 4.74 Å². The van der Waals surface area contributed by atoms with Gasteiger partial charge < -0.3 is 9.84 Å². The second-order valence-corrected chi connectivity index (χ2v) is 8.14. The van der Waals surface area contributed by atoms with Crippen molar-refractivity contribution in [2.45, 2.75) is 12.0 Å². The van der Waals surface area contributed by atoms with E-state index in [1.807, 2.05) is 48.5 Å². The van der Waals surface area contributed by atoms with E-state index in [2.05, 4.69) is 4.90 Å². The van der Waals surface area contributed by atoms with Crippen LogP contribution in [0.5, 0.6) is 0 Å². The molecule has 3 aromatic rings. The molecule has 6 heteroatoms. The molecule has 158 valence electrons. The number of rotatable bonds is 5. The fourth-order valence-electron chi connectivity index (χ4n) is 4.46. The smallest absolute Gasteiger partial charge is 0.265 e. The molecule has 2 heterocycles. The molecule has 6 nitrogen and oxygen atoms in total. The first-order valence-electron chi connectivity index (χ1n) is 10.5. The summed E-state index contributed by atoms with van der Waals surface area (Å²) in [7, 11) is 0. The Morgan fingerprint density at radius 2 is 1.68 bits per heavy atom. The van der Waals surface area contributed by atoms with Gasteiger partial charge in [0.15, 0.2) is 11.4 Å². The number of hydrogen-bond acceptors (Lipinski definition) is 5. The minimum atomic E-state index is -1.87. The van der Waals surface area contributed by atoms with Gasteiger partial charge in [-0.25, -0.2) is 0 Å². The van der Waals surface area contributed by atoms with E-state index in [1.54, 1.807) is 23.1 Å². The van der Waals surface area contributed by atoms with Crippen LogP contribution in [0.1, 0.15) is 22.3 Å². The third-order valence-electron chi connectivity index (χ3n) is 6.17. The van der Waals surface area contributed by atoms with Crippen LogP contribution in [0.25, 0.3) is 10.8 Å². The quantitative estimate of drug-likeness (QED) is 0.648. The fraction of sp³-hybridized carbons (Fsp3) is 0.280. The maximum absolute atomic E-state index is 13.4. The first-order valence-corrected chi connectivity index (χ1v) is 10.5. The molecule has 5 rings (SSSR count). The summed E-state index contributed by atoms with van der Waals surface area (Å²) in [6.07, 6.45) is -0.291. The third-order valence-corrected chi connectivity index (χ3v) is 6.17. The van der Waals surface area contributed by atoms with Crippen LogP contribution in [0.15, 0.2) is 66.7 Å². The summed E-state index contributed by atoms with van der Waals surface area (Å²) in [6, 6.07) is 20.5. The number of morpholine rings is 1. The number of anilines is 1. The van der Waals surface area contributed by atoms with E-state index in [1.165, 1.54) is 0 Å². The average Bonchev–Trinajstić information content (AvgIpc) is 3.01. The van der Waals surface area contributed by atoms with Gasteiger partial charge in [0.2, 0.25) is 0 Å². The van der Waals surface area contributed by atoms with Crippen molar-refractivity contribution in [2.75, 3.05) is 37.9 Å². The first-order chi connectivity index (χ1) is 15.1. The molecule has 1 amide bonds. The van der Waals surface area contributed by atoms with Crippen LogP contribution in [0.2, 0.25) is 0 Å². The minimum Gasteiger partial charge on any atom is -0.379 e. The standard InChI is InChI=1S/C25H24N2O4/c28-23(20-10-9-18-5-1-2-6-19(18)15-20)16-25(30)21-7-3-4-8-22(21)27(24(25)29)17-26-11-13-31-14-12-26/h1-10,15,30H,11-14,16-17H2/t25-/m1/s1. The van der Waals surface area contributed by atoms with Crippen LogP contribution in [0.3, 0.4) is 0 Å². The zero-order valence-corrected chi connectivity index (χ0v) is 17.2. The molecule has 0 saturated carbocycles. The molecule has 0 spiro atoms. The molecule has 3 aromatic carbocycles. The SMILES string of the molecule is O=C(C[C@]1(O)C(=O)N(CN2CCOCC2)c2ccccc21)c1ccc2ccccc2c1. The lowest BCUT2D eigenvalue weighted by molar-refractivity contribution is -0.136. The van der Waals surface area contributed by atoms with Gasteiger partial charge in [0, 0.05) is 24.2 Å². The molecule has 1 N–H and O–H groups in total. The Kier molecular flexibility index (Phi) is 5.06. The van der Waals surface area contributed by atoms with Gasteiger partial charge in [-0.3, -0.25) is 19.4 Å². The van der Waals surface area contributed by atoms with Crippen molar-refractivity contribution in [3.8, 4) is 0 Å². The normalized spacial score (nSPS) is 21.5. The van der Waals surface area contributed by atoms with Gasteiger partial charge in [-0.2, -0.15) is 0 Å². The number of carbonyl (C=O) groups is 2. The molecule has 0 bridgehead atoms. The zero-order valence-electron chi connectivity index (χ0n) is 17.2. The zero-order chi connectivity index (χ0) is 21.4. The lowest BCUT2D eigenvalue weighted by Gasteiger charge is -2.31. The molecule has 1 atom stereocenters. The highest BCUT2D eigenvalue weighted by Gasteiger charge is 2.51. The fourth-order valence-corrected chi connectivity index (χ4v) is 4.46. The predicted octanol–water partition coefficient (Wildman–Crippen LogP) is 2.94. The molecular weight excluding hydrogens is 392 g/mol. The summed E-state index contributed by atoms with van der Waals surface area (Å²) in [5, 5.41) is 13.5. The van der Waals surface area contributed by atoms with Gasteiger partial charge in [-0.05, 0) is 22.9 Å². The van der Waals surface area contributed by atoms with E-state index in [9.17, 15) is 14.7 Å². The molecule has 0 aliphatic carbocycles. The van der Waals surface area contributed by atoms with E-state index in [-0.39, 0.29) is 12.2 Å². The summed E-state index contributed by atoms with van der Waals surface area (Å²) >= 11 is 0. The van der Waals surface area contributed by atoms with E-state index in [0.29, 0.717) is 36.7 Å². The minimum absolute atomic E-state index is 0.260. The third kappa shape index (κ3) is 3.53. The van der Waals surface area contributed by atoms with Gasteiger partial charge >= 0.3 is 0 Å². The highest BCUT2D eigenvalue weighted by Crippen LogP contribution is 2.43. The highest BCUT2D eigenvalue weighted by atomic mass is 16.5. The number of Topliss-reactive ketones (excluding diaryl/α,β-unsaturated/α-hetero) is 1. The molecule has 1 saturated heterocycles. The van der Waals surface area contributed by atoms with Crippen LogP contribution in [0.4, 0.5) is 5.69 Å². The van der Waals surface area contributed by atoms with E-state index < -0.39 is 11.5 Å². The predicted molar refractivity (Wildman–Crippen MR) is 118 cm³/mol. The van der Waals surface area contributed by atoms with Gasteiger partial charge in [0.25, 0.3) is 5.91 Å². The second kappa shape index (κ2) is 7.89. The topological polar surface area (TPSA) is 70.1 Å². The maximum atomic E-state index is 13.4. The van der Waals surface area contributed by atoms with Crippen LogP contribution in [0, 0.1) is 0 Å². The number of benzene rings is 3. The van der Waals surface area contributed by atoms with E-state index in [0.717, 1.165) is 23.9 Å². The molecule has 1 fully saturated rings. The Morgan fingerprint density at radius 3 is 2.48 bits per heavy atom. The Bertz CT molecular complexity index is 1150. The van der Waals surface area contributed by atoms with Crippen LogP contribution in [-0.2, 0) is 15.1 Å². The van der Waals surface area contributed by atoms with Gasteiger partial charge in [-0.1, -0.05) is 54.6 Å². The van der Waals surface area contributed by atoms with E-state index >= 15 is 0 Å². The van der Waals surface area contributed by atoms with Gasteiger partial charge in [0.05, 0.1) is 32.0 Å². The lowest BCUT2D eigenvalue weighted by Crippen LogP contribution is -2.49. The number of ether oxygens (including phenoxy) is 1. The summed E-state index contributed by atoms with van der Waals surface area (Å²) < 4.78 is 5.39. The number of carbonyl (C=O) groups excluding carboxylic acids is 2. The summed E-state index contributed by atoms with van der Waals surface area (Å²) in [5.74, 6) is -0.709. The van der Waals surface area contributed by atoms with Gasteiger partial charge in [-0.15, -0.1) is 0 Å². The Balaban J connectivity index is 1.44. The highest BCUT2D eigenvalue weighted by molar-refractivity contribution is 6.11. The first kappa shape index (κ1) is 19.9. The Hall–Kier alpha value is -3.06. The maximum Gasteiger partial charge on any atom is 0.265 e. The number of fused-ring (bicyclic) bond motifs is 2. The molecule has 0 unspecified atom stereocenters. The molecule has 2 aliphatic heterocycles. The molecule has 2 aliphatic rings. The number of nitrogens with zero attached hydrogens (tertiary/aromatic N) is 2. The van der Waals surface area contributed by atoms with Crippen molar-refractivity contribution >= 4 is 28.2 Å². The largest absolute Gasteiger partial charge is 0.379 e. The van der Waals surface area contributed by atoms with Crippen molar-refractivity contribution < 1.29 is 19.4 Å². The Morgan fingerprint density at radius 1 is 0.968 bits per heavy atom. The number of aliphatic hydroxyl groups is 1. The van der Waals surface area contributed by atoms with Gasteiger partial charge in [0.1, 0.15) is 0 Å². The summed E-state index contributed by atoms with van der Waals surface area (Å²) in [6.45, 7) is 3.05. The van der Waals surface area contributed by atoms with Crippen LogP contribution >= 0.6 is 0 Å². The number of amides is 1. The number of ketones is 1. The van der Waals surface area contributed by atoms with Crippen molar-refractivity contribution in [1.29, 1.82) is 0 Å². The average molecular weight is 416 g/mol. The Labute approximate surface area is 180 Å². The van der Waals surface area contributed by atoms with Crippen LogP contribution < -0.4 is 4.90 Å². The summed E-state index contributed by atoms with van der Waals surface area (Å²) in [5.41, 5.74) is -0.231. The van der Waals surface area contributed by atoms with Crippen LogP contribution in [-0.4, -0.2) is 54.7 Å². The molecule has 0 radical (unpaired) electrons. The monoisotopic (exact) mass is 416 g/mol. The van der Waals surface area contributed by atoms with Crippen molar-refractivity contribution in [3.63, 3.8) is 0 Å². The molecule has 31 heavy (non-hydrogen) atoms. The molecule has 0 aromatic heterocycles. The van der Waals surface area contributed by atoms with Crippen molar-refractivity contribution in [3.05, 3.63) is 77.9 Å². The molecular formula is C25H24N2O4.